The Labute approximate surface area is 90.5 Å². The topological polar surface area (TPSA) is 41.8 Å². The van der Waals surface area contributed by atoms with Crippen molar-refractivity contribution in [2.24, 2.45) is 5.73 Å². The summed E-state index contributed by atoms with van der Waals surface area (Å²) in [6.07, 6.45) is 5.43. The summed E-state index contributed by atoms with van der Waals surface area (Å²) in [5.74, 6) is 0. The van der Waals surface area contributed by atoms with Crippen molar-refractivity contribution in [1.29, 1.82) is 0 Å². The van der Waals surface area contributed by atoms with Crippen LogP contribution >= 0.6 is 0 Å². The fraction of sp³-hybridized carbons (Fsp3) is 0.385. The molecule has 1 aromatic carbocycles. The third-order valence-corrected chi connectivity index (χ3v) is 2.91. The van der Waals surface area contributed by atoms with Crippen LogP contribution in [0, 0.1) is 6.92 Å². The van der Waals surface area contributed by atoms with Gasteiger partial charge in [0.1, 0.15) is 0 Å². The molecule has 0 radical (unpaired) electrons. The maximum Gasteiger partial charge on any atom is 0.0456 e. The van der Waals surface area contributed by atoms with Gasteiger partial charge in [0.15, 0.2) is 0 Å². The normalized spacial score (nSPS) is 11.1. The molecule has 80 valence electrons. The Morgan fingerprint density at radius 3 is 2.93 bits per heavy atom. The summed E-state index contributed by atoms with van der Waals surface area (Å²) in [6, 6.07) is 6.64. The van der Waals surface area contributed by atoms with Crippen LogP contribution in [0.4, 0.5) is 0 Å². The number of nitrogens with one attached hydrogen (secondary N) is 1. The van der Waals surface area contributed by atoms with Crippen LogP contribution in [-0.2, 0) is 6.42 Å². The fourth-order valence-corrected chi connectivity index (χ4v) is 1.99. The Bertz CT molecular complexity index is 443. The van der Waals surface area contributed by atoms with Crippen molar-refractivity contribution in [3.8, 4) is 0 Å². The molecule has 2 nitrogen and oxygen atoms in total. The minimum Gasteiger partial charge on any atom is -0.361 e. The first-order valence-electron chi connectivity index (χ1n) is 5.58. The number of hydrogen-bond acceptors (Lipinski definition) is 1. The second-order valence-corrected chi connectivity index (χ2v) is 4.09. The van der Waals surface area contributed by atoms with Crippen molar-refractivity contribution in [2.45, 2.75) is 26.2 Å². The zero-order chi connectivity index (χ0) is 10.7. The van der Waals surface area contributed by atoms with E-state index in [-0.39, 0.29) is 0 Å². The summed E-state index contributed by atoms with van der Waals surface area (Å²) in [6.45, 7) is 2.98. The lowest BCUT2D eigenvalue weighted by molar-refractivity contribution is 0.743. The molecule has 0 fully saturated rings. The smallest absolute Gasteiger partial charge is 0.0456 e. The van der Waals surface area contributed by atoms with Gasteiger partial charge in [-0.2, -0.15) is 0 Å². The molecule has 0 spiro atoms. The molecule has 0 aliphatic carbocycles. The Kier molecular flexibility index (Phi) is 3.07. The van der Waals surface area contributed by atoms with Gasteiger partial charge >= 0.3 is 0 Å². The monoisotopic (exact) mass is 202 g/mol. The number of aromatic amines is 1. The molecule has 2 heteroatoms. The average Bonchev–Trinajstić information content (AvgIpc) is 2.65. The Morgan fingerprint density at radius 2 is 2.13 bits per heavy atom. The van der Waals surface area contributed by atoms with E-state index in [1.165, 1.54) is 28.5 Å². The molecule has 1 aromatic heterocycles. The zero-order valence-corrected chi connectivity index (χ0v) is 9.22. The molecule has 15 heavy (non-hydrogen) atoms. The van der Waals surface area contributed by atoms with Crippen LogP contribution in [0.5, 0.6) is 0 Å². The van der Waals surface area contributed by atoms with Gasteiger partial charge in [-0.1, -0.05) is 0 Å². The summed E-state index contributed by atoms with van der Waals surface area (Å²) in [5, 5.41) is 1.30. The van der Waals surface area contributed by atoms with Crippen molar-refractivity contribution in [2.75, 3.05) is 6.54 Å². The highest BCUT2D eigenvalue weighted by Crippen LogP contribution is 2.19. The highest BCUT2D eigenvalue weighted by molar-refractivity contribution is 5.81. The van der Waals surface area contributed by atoms with Crippen LogP contribution in [0.25, 0.3) is 10.9 Å². The number of hydrogen-bond donors (Lipinski definition) is 2. The van der Waals surface area contributed by atoms with Crippen LogP contribution in [0.3, 0.4) is 0 Å². The highest BCUT2D eigenvalue weighted by atomic mass is 14.7. The van der Waals surface area contributed by atoms with Gasteiger partial charge in [0.05, 0.1) is 0 Å². The summed E-state index contributed by atoms with van der Waals surface area (Å²) in [4.78, 5) is 3.25. The molecule has 0 amide bonds. The molecule has 0 aliphatic heterocycles. The predicted molar refractivity (Wildman–Crippen MR) is 65.0 cm³/mol. The van der Waals surface area contributed by atoms with Crippen LogP contribution in [-0.4, -0.2) is 11.5 Å². The number of H-pyrrole nitrogens is 1. The number of aromatic nitrogens is 1. The predicted octanol–water partition coefficient (Wildman–Crippen LogP) is 2.76. The second kappa shape index (κ2) is 4.49. The van der Waals surface area contributed by atoms with Crippen LogP contribution in [0.15, 0.2) is 24.4 Å². The van der Waals surface area contributed by atoms with E-state index in [0.29, 0.717) is 0 Å². The molecule has 0 saturated carbocycles. The Morgan fingerprint density at radius 1 is 1.27 bits per heavy atom. The van der Waals surface area contributed by atoms with Crippen molar-refractivity contribution < 1.29 is 0 Å². The van der Waals surface area contributed by atoms with E-state index in [1.54, 1.807) is 0 Å². The average molecular weight is 202 g/mol. The first-order valence-corrected chi connectivity index (χ1v) is 5.58. The van der Waals surface area contributed by atoms with Crippen LogP contribution < -0.4 is 5.73 Å². The number of aryl methyl sites for hydroxylation is 2. The minimum atomic E-state index is 0.795. The van der Waals surface area contributed by atoms with Gasteiger partial charge in [-0.05, 0) is 67.4 Å². The van der Waals surface area contributed by atoms with Gasteiger partial charge in [-0.3, -0.25) is 0 Å². The number of nitrogens with two attached hydrogens (primary N) is 1. The third kappa shape index (κ3) is 2.21. The lowest BCUT2D eigenvalue weighted by Gasteiger charge is -2.05. The van der Waals surface area contributed by atoms with E-state index in [0.717, 1.165) is 19.4 Å². The van der Waals surface area contributed by atoms with Gasteiger partial charge in [0.25, 0.3) is 0 Å². The van der Waals surface area contributed by atoms with E-state index < -0.39 is 0 Å². The molecule has 2 rings (SSSR count). The lowest BCUT2D eigenvalue weighted by Crippen LogP contribution is -1.99. The fourth-order valence-electron chi connectivity index (χ4n) is 1.99. The first-order chi connectivity index (χ1) is 7.31. The van der Waals surface area contributed by atoms with Crippen molar-refractivity contribution in [1.82, 2.24) is 4.98 Å². The quantitative estimate of drug-likeness (QED) is 0.735. The van der Waals surface area contributed by atoms with E-state index in [4.69, 9.17) is 5.73 Å². The summed E-state index contributed by atoms with van der Waals surface area (Å²) < 4.78 is 0. The summed E-state index contributed by atoms with van der Waals surface area (Å²) in [5.41, 5.74) is 9.57. The van der Waals surface area contributed by atoms with Gasteiger partial charge in [-0.15, -0.1) is 0 Å². The van der Waals surface area contributed by atoms with Crippen molar-refractivity contribution >= 4 is 10.9 Å². The number of unbranched alkanes of at least 4 members (excludes halogenated alkanes) is 1. The number of fused-ring (bicyclic) bond motifs is 1. The second-order valence-electron chi connectivity index (χ2n) is 4.09. The third-order valence-electron chi connectivity index (χ3n) is 2.91. The first kappa shape index (κ1) is 10.2. The van der Waals surface area contributed by atoms with Crippen LogP contribution in [0.2, 0.25) is 0 Å². The molecular weight excluding hydrogens is 184 g/mol. The standard InChI is InChI=1S/C13H18N2/c1-10-8-12-5-7-15-13(12)9-11(10)4-2-3-6-14/h5,7-9,15H,2-4,6,14H2,1H3. The van der Waals surface area contributed by atoms with E-state index in [1.807, 2.05) is 6.20 Å². The van der Waals surface area contributed by atoms with Crippen LogP contribution in [0.1, 0.15) is 24.0 Å². The molecule has 0 atom stereocenters. The van der Waals surface area contributed by atoms with Crippen molar-refractivity contribution in [3.05, 3.63) is 35.5 Å². The molecule has 1 heterocycles. The molecule has 0 unspecified atom stereocenters. The number of benzene rings is 1. The number of rotatable bonds is 4. The van der Waals surface area contributed by atoms with Gasteiger partial charge in [-0.25, -0.2) is 0 Å². The maximum atomic E-state index is 5.50. The van der Waals surface area contributed by atoms with Crippen molar-refractivity contribution in [3.63, 3.8) is 0 Å². The SMILES string of the molecule is Cc1cc2cc[nH]c2cc1CCCCN. The minimum absolute atomic E-state index is 0.795. The maximum absolute atomic E-state index is 5.50. The molecule has 0 saturated heterocycles. The van der Waals surface area contributed by atoms with E-state index in [9.17, 15) is 0 Å². The molecule has 2 aromatic rings. The molecule has 0 bridgehead atoms. The Hall–Kier alpha value is -1.28. The largest absolute Gasteiger partial charge is 0.361 e. The van der Waals surface area contributed by atoms with Gasteiger partial charge < -0.3 is 10.7 Å². The molecule has 0 aliphatic rings. The van der Waals surface area contributed by atoms with E-state index in [2.05, 4.69) is 30.1 Å². The highest BCUT2D eigenvalue weighted by Gasteiger charge is 2.01. The van der Waals surface area contributed by atoms with Gasteiger partial charge in [0, 0.05) is 11.7 Å². The Balaban J connectivity index is 2.22. The summed E-state index contributed by atoms with van der Waals surface area (Å²) >= 11 is 0. The molecule has 3 N–H and O–H groups in total. The summed E-state index contributed by atoms with van der Waals surface area (Å²) in [7, 11) is 0. The zero-order valence-electron chi connectivity index (χ0n) is 9.22. The van der Waals surface area contributed by atoms with E-state index >= 15 is 0 Å². The lowest BCUT2D eigenvalue weighted by atomic mass is 10.0. The van der Waals surface area contributed by atoms with Gasteiger partial charge in [0.2, 0.25) is 0 Å². The molecular formula is C13H18N2.